The summed E-state index contributed by atoms with van der Waals surface area (Å²) in [7, 11) is -9.93. The maximum atomic E-state index is 13.1. The van der Waals surface area contributed by atoms with Crippen molar-refractivity contribution < 1.29 is 80.2 Å². The molecule has 19 heteroatoms. The molecule has 5 atom stereocenters. The van der Waals surface area contributed by atoms with E-state index in [9.17, 15) is 43.2 Å². The molecule has 0 saturated carbocycles. The van der Waals surface area contributed by atoms with Gasteiger partial charge in [0.1, 0.15) is 19.3 Å². The monoisotopic (exact) mass is 1510 g/mol. The van der Waals surface area contributed by atoms with Crippen molar-refractivity contribution in [1.82, 2.24) is 0 Å². The molecule has 0 aromatic carbocycles. The second-order valence-corrected chi connectivity index (χ2v) is 35.0. The molecule has 17 nitrogen and oxygen atoms in total. The fraction of sp³-hybridized carbons (Fsp3) is 0.952. The van der Waals surface area contributed by atoms with E-state index >= 15 is 0 Å². The van der Waals surface area contributed by atoms with Gasteiger partial charge in [-0.05, 0) is 49.4 Å². The van der Waals surface area contributed by atoms with Gasteiger partial charge in [-0.25, -0.2) is 9.13 Å². The smallest absolute Gasteiger partial charge is 0.462 e. The number of ether oxygens (including phenoxy) is 4. The van der Waals surface area contributed by atoms with Crippen molar-refractivity contribution in [3.8, 4) is 0 Å². The molecule has 0 aliphatic carbocycles. The van der Waals surface area contributed by atoms with Gasteiger partial charge >= 0.3 is 39.5 Å². The molecular weight excluding hydrogens is 1340 g/mol. The van der Waals surface area contributed by atoms with Gasteiger partial charge in [-0.15, -0.1) is 0 Å². The quantitative estimate of drug-likeness (QED) is 0.0222. The molecular formula is C84H164O17P2. The molecule has 0 amide bonds. The van der Waals surface area contributed by atoms with Gasteiger partial charge in [-0.1, -0.05) is 383 Å². The number of phosphoric ester groups is 2. The zero-order valence-corrected chi connectivity index (χ0v) is 69.7. The summed E-state index contributed by atoms with van der Waals surface area (Å²) in [5.74, 6) is 0.978. The summed E-state index contributed by atoms with van der Waals surface area (Å²) >= 11 is 0. The highest BCUT2D eigenvalue weighted by Gasteiger charge is 2.30. The second kappa shape index (κ2) is 72.9. The van der Waals surface area contributed by atoms with Gasteiger partial charge in [-0.3, -0.25) is 37.3 Å². The highest BCUT2D eigenvalue weighted by molar-refractivity contribution is 7.47. The van der Waals surface area contributed by atoms with Crippen LogP contribution in [-0.4, -0.2) is 96.7 Å². The molecule has 0 spiro atoms. The van der Waals surface area contributed by atoms with Gasteiger partial charge in [0.25, 0.3) is 0 Å². The lowest BCUT2D eigenvalue weighted by Gasteiger charge is -2.21. The number of phosphoric acid groups is 2. The third kappa shape index (κ3) is 78.0. The number of aliphatic hydroxyl groups is 1. The summed E-state index contributed by atoms with van der Waals surface area (Å²) in [6, 6.07) is 0. The minimum atomic E-state index is -4.96. The van der Waals surface area contributed by atoms with Crippen LogP contribution in [0.2, 0.25) is 0 Å². The second-order valence-electron chi connectivity index (χ2n) is 32.1. The normalized spacial score (nSPS) is 14.0. The number of carbonyl (C=O) groups is 4. The molecule has 103 heavy (non-hydrogen) atoms. The number of hydrogen-bond acceptors (Lipinski definition) is 15. The summed E-state index contributed by atoms with van der Waals surface area (Å²) in [6.45, 7) is 14.3. The number of aliphatic hydroxyl groups excluding tert-OH is 1. The zero-order chi connectivity index (χ0) is 76.0. The molecule has 0 radical (unpaired) electrons. The number of unbranched alkanes of at least 4 members (excludes halogenated alkanes) is 47. The Balaban J connectivity index is 5.22. The standard InChI is InChI=1S/C84H164O17P2/c1-74(2)60-52-44-36-30-24-18-12-9-10-14-21-27-33-39-48-56-64-81(86)94-70-79(100-83(88)66-58-50-40-34-28-22-15-11-13-19-25-31-37-45-53-61-75(3)4)72-98-102(90,91)96-68-78(85)69-97-103(92,93)99-73-80(71-95-82(87)65-57-49-43-42-47-55-63-77(7)8)101-84(89)67-59-51-41-35-29-23-17-16-20-26-32-38-46-54-62-76(5)6/h74-80,85H,9-73H2,1-8H3,(H,90,91)(H,92,93)/t78?,79-,80-/m1/s1. The van der Waals surface area contributed by atoms with Crippen molar-refractivity contribution in [2.75, 3.05) is 39.6 Å². The summed E-state index contributed by atoms with van der Waals surface area (Å²) in [4.78, 5) is 73.1. The van der Waals surface area contributed by atoms with E-state index in [-0.39, 0.29) is 25.7 Å². The minimum Gasteiger partial charge on any atom is -0.462 e. The van der Waals surface area contributed by atoms with E-state index in [0.29, 0.717) is 31.6 Å². The summed E-state index contributed by atoms with van der Waals surface area (Å²) in [5, 5.41) is 10.7. The Morgan fingerprint density at radius 2 is 0.408 bits per heavy atom. The Labute approximate surface area is 632 Å². The van der Waals surface area contributed by atoms with Crippen molar-refractivity contribution in [1.29, 1.82) is 0 Å². The van der Waals surface area contributed by atoms with Crippen LogP contribution in [-0.2, 0) is 65.4 Å². The minimum absolute atomic E-state index is 0.106. The van der Waals surface area contributed by atoms with Crippen LogP contribution in [0.5, 0.6) is 0 Å². The average Bonchev–Trinajstić information content (AvgIpc) is 0.916. The van der Waals surface area contributed by atoms with E-state index in [2.05, 4.69) is 55.4 Å². The predicted octanol–water partition coefficient (Wildman–Crippen LogP) is 25.2. The van der Waals surface area contributed by atoms with E-state index in [1.165, 1.54) is 231 Å². The molecule has 0 heterocycles. The Kier molecular flexibility index (Phi) is 71.5. The molecule has 0 bridgehead atoms. The lowest BCUT2D eigenvalue weighted by atomic mass is 10.0. The van der Waals surface area contributed by atoms with Gasteiger partial charge < -0.3 is 33.8 Å². The average molecular weight is 1510 g/mol. The van der Waals surface area contributed by atoms with Crippen LogP contribution in [0.25, 0.3) is 0 Å². The van der Waals surface area contributed by atoms with Gasteiger partial charge in [-0.2, -0.15) is 0 Å². The van der Waals surface area contributed by atoms with Crippen LogP contribution >= 0.6 is 15.6 Å². The largest absolute Gasteiger partial charge is 0.472 e. The molecule has 3 N–H and O–H groups in total. The Morgan fingerprint density at radius 1 is 0.243 bits per heavy atom. The lowest BCUT2D eigenvalue weighted by Crippen LogP contribution is -2.30. The summed E-state index contributed by atoms with van der Waals surface area (Å²) in [6.07, 6.45) is 61.2. The van der Waals surface area contributed by atoms with E-state index in [1.807, 2.05) is 0 Å². The zero-order valence-electron chi connectivity index (χ0n) is 68.0. The van der Waals surface area contributed by atoms with Crippen molar-refractivity contribution in [3.05, 3.63) is 0 Å². The highest BCUT2D eigenvalue weighted by atomic mass is 31.2. The lowest BCUT2D eigenvalue weighted by molar-refractivity contribution is -0.161. The summed E-state index contributed by atoms with van der Waals surface area (Å²) < 4.78 is 68.8. The Morgan fingerprint density at radius 3 is 0.602 bits per heavy atom. The van der Waals surface area contributed by atoms with Crippen LogP contribution in [0.15, 0.2) is 0 Å². The van der Waals surface area contributed by atoms with E-state index in [0.717, 1.165) is 114 Å². The fourth-order valence-electron chi connectivity index (χ4n) is 13.0. The Hall–Kier alpha value is -1.94. The maximum Gasteiger partial charge on any atom is 0.472 e. The molecule has 0 aliphatic heterocycles. The maximum absolute atomic E-state index is 13.1. The van der Waals surface area contributed by atoms with Crippen LogP contribution in [0.1, 0.15) is 434 Å². The van der Waals surface area contributed by atoms with Crippen LogP contribution in [0.4, 0.5) is 0 Å². The van der Waals surface area contributed by atoms with Crippen LogP contribution < -0.4 is 0 Å². The fourth-order valence-corrected chi connectivity index (χ4v) is 14.5. The highest BCUT2D eigenvalue weighted by Crippen LogP contribution is 2.45. The first kappa shape index (κ1) is 101. The third-order valence-corrected chi connectivity index (χ3v) is 21.5. The number of hydrogen-bond donors (Lipinski definition) is 3. The first-order valence-corrected chi connectivity index (χ1v) is 46.2. The van der Waals surface area contributed by atoms with Gasteiger partial charge in [0.2, 0.25) is 0 Å². The van der Waals surface area contributed by atoms with Crippen LogP contribution in [0.3, 0.4) is 0 Å². The molecule has 612 valence electrons. The van der Waals surface area contributed by atoms with Gasteiger partial charge in [0.05, 0.1) is 26.4 Å². The topological polar surface area (TPSA) is 237 Å². The first-order chi connectivity index (χ1) is 49.6. The van der Waals surface area contributed by atoms with E-state index in [1.54, 1.807) is 0 Å². The molecule has 0 rings (SSSR count). The van der Waals surface area contributed by atoms with Crippen molar-refractivity contribution >= 4 is 39.5 Å². The number of esters is 4. The first-order valence-electron chi connectivity index (χ1n) is 43.2. The van der Waals surface area contributed by atoms with Crippen LogP contribution in [0, 0.1) is 23.7 Å². The van der Waals surface area contributed by atoms with Crippen molar-refractivity contribution in [2.24, 2.45) is 23.7 Å². The van der Waals surface area contributed by atoms with Crippen molar-refractivity contribution in [2.45, 2.75) is 453 Å². The molecule has 3 unspecified atom stereocenters. The predicted molar refractivity (Wildman–Crippen MR) is 423 cm³/mol. The molecule has 0 aliphatic rings. The Bertz CT molecular complexity index is 2010. The van der Waals surface area contributed by atoms with E-state index in [4.69, 9.17) is 37.0 Å². The molecule has 0 saturated heterocycles. The molecule has 0 aromatic heterocycles. The van der Waals surface area contributed by atoms with Crippen molar-refractivity contribution in [3.63, 3.8) is 0 Å². The number of rotatable bonds is 81. The summed E-state index contributed by atoms with van der Waals surface area (Å²) in [5.41, 5.74) is 0. The molecule has 0 fully saturated rings. The molecule has 0 aromatic rings. The van der Waals surface area contributed by atoms with Gasteiger partial charge in [0, 0.05) is 25.7 Å². The SMILES string of the molecule is CC(C)CCCCCCCCCCCCCCCCCCC(=O)OC[C@H](COP(=O)(O)OCC(O)COP(=O)(O)OC[C@@H](COC(=O)CCCCCCCCC(C)C)OC(=O)CCCCCCCCCCCCCCCCC(C)C)OC(=O)CCCCCCCCCCCCCCCCCC(C)C. The third-order valence-electron chi connectivity index (χ3n) is 19.6. The number of carbonyl (C=O) groups excluding carboxylic acids is 4. The van der Waals surface area contributed by atoms with E-state index < -0.39 is 97.5 Å². The van der Waals surface area contributed by atoms with Gasteiger partial charge in [0.15, 0.2) is 12.2 Å².